The lowest BCUT2D eigenvalue weighted by Gasteiger charge is -2.15. The zero-order valence-corrected chi connectivity index (χ0v) is 25.0. The average molecular weight is 624 g/mol. The smallest absolute Gasteiger partial charge is 0.282 e. The Kier molecular flexibility index (Phi) is 7.48. The predicted octanol–water partition coefficient (Wildman–Crippen LogP) is 7.06. The number of nitrogens with zero attached hydrogens (tertiary/aromatic N) is 3. The van der Waals surface area contributed by atoms with Gasteiger partial charge in [0.25, 0.3) is 5.56 Å². The Balaban J connectivity index is 1.26. The molecule has 0 saturated heterocycles. The fraction of sp³-hybridized carbons (Fsp3) is 0.147. The number of rotatable bonds is 9. The lowest BCUT2D eigenvalue weighted by molar-refractivity contribution is 0.174. The van der Waals surface area contributed by atoms with Gasteiger partial charge in [-0.2, -0.15) is 9.78 Å². The molecule has 0 aliphatic carbocycles. The Morgan fingerprint density at radius 3 is 2.69 bits per heavy atom. The maximum absolute atomic E-state index is 13.7. The zero-order valence-electron chi connectivity index (χ0n) is 24.3. The van der Waals surface area contributed by atoms with Crippen LogP contribution >= 0.6 is 11.6 Å². The van der Waals surface area contributed by atoms with Crippen molar-refractivity contribution in [1.29, 1.82) is 0 Å². The van der Waals surface area contributed by atoms with Gasteiger partial charge >= 0.3 is 0 Å². The number of furan rings is 1. The van der Waals surface area contributed by atoms with Gasteiger partial charge in [-0.25, -0.2) is 4.98 Å². The third-order valence-corrected chi connectivity index (χ3v) is 7.47. The van der Waals surface area contributed by atoms with Crippen molar-refractivity contribution in [2.24, 2.45) is 5.10 Å². The Bertz CT molecular complexity index is 2150. The zero-order chi connectivity index (χ0) is 30.9. The second-order valence-corrected chi connectivity index (χ2v) is 10.4. The standard InChI is InChI=1S/C34H26ClN3O7/c1-3-41-30-15-21(13-24(35)32(30)42-18-20-11-12-28-29(14-20)44-19-43-28)17-36-38-33(37-25-8-5-4-7-22(25)34(38)39)31-16-23-26(40-2)9-6-10-27(23)45-31/h4-17H,3,18-19H2,1-2H3. The van der Waals surface area contributed by atoms with Crippen LogP contribution in [0.3, 0.4) is 0 Å². The molecule has 2 aromatic heterocycles. The van der Waals surface area contributed by atoms with Gasteiger partial charge in [-0.3, -0.25) is 4.79 Å². The van der Waals surface area contributed by atoms with E-state index in [1.165, 1.54) is 10.9 Å². The van der Waals surface area contributed by atoms with E-state index in [0.717, 1.165) is 10.9 Å². The molecule has 0 saturated carbocycles. The SMILES string of the molecule is CCOc1cc(C=Nn2c(-c3cc4c(OC)cccc4o3)nc3ccccc3c2=O)cc(Cl)c1OCc1ccc2c(c1)OCO2. The summed E-state index contributed by atoms with van der Waals surface area (Å²) >= 11 is 6.70. The highest BCUT2D eigenvalue weighted by atomic mass is 35.5. The summed E-state index contributed by atoms with van der Waals surface area (Å²) in [4.78, 5) is 18.5. The highest BCUT2D eigenvalue weighted by molar-refractivity contribution is 6.32. The molecule has 1 aliphatic heterocycles. The lowest BCUT2D eigenvalue weighted by Crippen LogP contribution is -2.20. The molecule has 3 heterocycles. The molecule has 7 rings (SSSR count). The molecule has 0 fully saturated rings. The number of ether oxygens (including phenoxy) is 5. The molecule has 226 valence electrons. The highest BCUT2D eigenvalue weighted by Crippen LogP contribution is 2.38. The monoisotopic (exact) mass is 623 g/mol. The van der Waals surface area contributed by atoms with E-state index in [4.69, 9.17) is 44.7 Å². The summed E-state index contributed by atoms with van der Waals surface area (Å²) in [6.07, 6.45) is 1.51. The molecule has 0 amide bonds. The summed E-state index contributed by atoms with van der Waals surface area (Å²) in [6.45, 7) is 2.67. The normalized spacial score (nSPS) is 12.3. The first kappa shape index (κ1) is 28.3. The third kappa shape index (κ3) is 5.40. The average Bonchev–Trinajstić information content (AvgIpc) is 3.71. The number of para-hydroxylation sites is 1. The summed E-state index contributed by atoms with van der Waals surface area (Å²) in [6, 6.07) is 23.4. The van der Waals surface area contributed by atoms with Gasteiger partial charge < -0.3 is 28.1 Å². The Hall–Kier alpha value is -5.48. The molecule has 45 heavy (non-hydrogen) atoms. The van der Waals surface area contributed by atoms with Crippen molar-refractivity contribution >= 4 is 39.7 Å². The molecular weight excluding hydrogens is 598 g/mol. The van der Waals surface area contributed by atoms with Gasteiger partial charge in [0.15, 0.2) is 28.8 Å². The highest BCUT2D eigenvalue weighted by Gasteiger charge is 2.19. The Labute approximate surface area is 261 Å². The maximum atomic E-state index is 13.7. The van der Waals surface area contributed by atoms with Gasteiger partial charge in [-0.1, -0.05) is 35.9 Å². The van der Waals surface area contributed by atoms with Gasteiger partial charge in [0.2, 0.25) is 12.6 Å². The van der Waals surface area contributed by atoms with Crippen LogP contribution in [0, 0.1) is 0 Å². The molecule has 0 unspecified atom stereocenters. The van der Waals surface area contributed by atoms with Crippen molar-refractivity contribution in [2.75, 3.05) is 20.5 Å². The lowest BCUT2D eigenvalue weighted by atomic mass is 10.2. The first-order valence-electron chi connectivity index (χ1n) is 14.1. The predicted molar refractivity (Wildman–Crippen MR) is 170 cm³/mol. The van der Waals surface area contributed by atoms with Crippen molar-refractivity contribution in [1.82, 2.24) is 9.66 Å². The van der Waals surface area contributed by atoms with E-state index in [1.807, 2.05) is 49.4 Å². The molecule has 0 spiro atoms. The molecule has 10 nitrogen and oxygen atoms in total. The van der Waals surface area contributed by atoms with E-state index < -0.39 is 0 Å². The number of methoxy groups -OCH3 is 1. The Morgan fingerprint density at radius 1 is 0.956 bits per heavy atom. The molecule has 1 aliphatic rings. The van der Waals surface area contributed by atoms with E-state index in [1.54, 1.807) is 43.5 Å². The van der Waals surface area contributed by atoms with Crippen LogP contribution in [0.25, 0.3) is 33.5 Å². The summed E-state index contributed by atoms with van der Waals surface area (Å²) in [5.74, 6) is 3.40. The van der Waals surface area contributed by atoms with Crippen LogP contribution in [0.4, 0.5) is 0 Å². The summed E-state index contributed by atoms with van der Waals surface area (Å²) < 4.78 is 35.6. The number of halogens is 1. The van der Waals surface area contributed by atoms with Gasteiger partial charge in [0.1, 0.15) is 17.9 Å². The molecule has 6 aromatic rings. The van der Waals surface area contributed by atoms with Crippen LogP contribution in [-0.2, 0) is 6.61 Å². The van der Waals surface area contributed by atoms with Gasteiger partial charge in [-0.05, 0) is 72.6 Å². The molecular formula is C34H26ClN3O7. The molecule has 4 aromatic carbocycles. The van der Waals surface area contributed by atoms with Crippen molar-refractivity contribution in [3.05, 3.63) is 105 Å². The molecule has 0 N–H and O–H groups in total. The van der Waals surface area contributed by atoms with Crippen LogP contribution in [0.1, 0.15) is 18.1 Å². The fourth-order valence-electron chi connectivity index (χ4n) is 5.09. The number of hydrogen-bond acceptors (Lipinski definition) is 9. The maximum Gasteiger partial charge on any atom is 0.282 e. The van der Waals surface area contributed by atoms with Crippen molar-refractivity contribution in [3.8, 4) is 40.3 Å². The number of benzene rings is 4. The van der Waals surface area contributed by atoms with Gasteiger partial charge in [0, 0.05) is 0 Å². The topological polar surface area (TPSA) is 107 Å². The first-order chi connectivity index (χ1) is 22.0. The largest absolute Gasteiger partial charge is 0.496 e. The van der Waals surface area contributed by atoms with Crippen molar-refractivity contribution in [3.63, 3.8) is 0 Å². The van der Waals surface area contributed by atoms with Crippen LogP contribution in [0.15, 0.2) is 93.2 Å². The van der Waals surface area contributed by atoms with Gasteiger partial charge in [0.05, 0.1) is 41.2 Å². The number of hydrogen-bond donors (Lipinski definition) is 0. The fourth-order valence-corrected chi connectivity index (χ4v) is 5.36. The minimum atomic E-state index is -0.362. The Morgan fingerprint density at radius 2 is 1.82 bits per heavy atom. The van der Waals surface area contributed by atoms with Crippen molar-refractivity contribution < 1.29 is 28.1 Å². The molecule has 11 heteroatoms. The quantitative estimate of drug-likeness (QED) is 0.158. The first-order valence-corrected chi connectivity index (χ1v) is 14.5. The summed E-state index contributed by atoms with van der Waals surface area (Å²) in [7, 11) is 1.59. The van der Waals surface area contributed by atoms with E-state index >= 15 is 0 Å². The van der Waals surface area contributed by atoms with Crippen LogP contribution in [0.5, 0.6) is 28.7 Å². The molecule has 0 bridgehead atoms. The second-order valence-electron chi connectivity index (χ2n) is 10.0. The van der Waals surface area contributed by atoms with Crippen LogP contribution < -0.4 is 29.2 Å². The van der Waals surface area contributed by atoms with Gasteiger partial charge in [-0.15, -0.1) is 0 Å². The summed E-state index contributed by atoms with van der Waals surface area (Å²) in [5, 5.41) is 6.03. The van der Waals surface area contributed by atoms with Crippen LogP contribution in [0.2, 0.25) is 5.02 Å². The molecule has 0 radical (unpaired) electrons. The molecule has 0 atom stereocenters. The minimum Gasteiger partial charge on any atom is -0.496 e. The van der Waals surface area contributed by atoms with E-state index in [2.05, 4.69) is 5.10 Å². The number of fused-ring (bicyclic) bond motifs is 3. The second kappa shape index (κ2) is 11.9. The summed E-state index contributed by atoms with van der Waals surface area (Å²) in [5.41, 5.74) is 2.20. The van der Waals surface area contributed by atoms with E-state index in [-0.39, 0.29) is 24.8 Å². The third-order valence-electron chi connectivity index (χ3n) is 7.19. The number of aromatic nitrogens is 2. The van der Waals surface area contributed by atoms with E-state index in [0.29, 0.717) is 68.2 Å². The van der Waals surface area contributed by atoms with Crippen LogP contribution in [-0.4, -0.2) is 36.4 Å². The minimum absolute atomic E-state index is 0.193. The van der Waals surface area contributed by atoms with Crippen molar-refractivity contribution in [2.45, 2.75) is 13.5 Å². The van der Waals surface area contributed by atoms with E-state index in [9.17, 15) is 4.79 Å².